The first-order chi connectivity index (χ1) is 10.2. The van der Waals surface area contributed by atoms with Crippen LogP contribution in [0.15, 0.2) is 33.6 Å². The molecule has 1 atom stereocenters. The summed E-state index contributed by atoms with van der Waals surface area (Å²) < 4.78 is 47.2. The summed E-state index contributed by atoms with van der Waals surface area (Å²) in [4.78, 5) is 13.7. The fourth-order valence-electron chi connectivity index (χ4n) is 2.16. The molecule has 10 heteroatoms. The lowest BCUT2D eigenvalue weighted by Crippen LogP contribution is -2.42. The lowest BCUT2D eigenvalue weighted by Gasteiger charge is -2.10. The van der Waals surface area contributed by atoms with Crippen LogP contribution >= 0.6 is 15.9 Å². The van der Waals surface area contributed by atoms with Crippen molar-refractivity contribution in [1.82, 2.24) is 10.3 Å². The number of rotatable bonds is 5. The first-order valence-corrected chi connectivity index (χ1v) is 10.5. The third kappa shape index (κ3) is 4.77. The van der Waals surface area contributed by atoms with Gasteiger partial charge in [-0.25, -0.2) is 16.8 Å². The quantitative estimate of drug-likeness (QED) is 0.690. The van der Waals surface area contributed by atoms with Gasteiger partial charge in [-0.3, -0.25) is 10.2 Å². The van der Waals surface area contributed by atoms with Crippen LogP contribution in [0.25, 0.3) is 0 Å². The summed E-state index contributed by atoms with van der Waals surface area (Å²) in [6.07, 6.45) is 0.397. The van der Waals surface area contributed by atoms with Crippen LogP contribution in [0.4, 0.5) is 0 Å². The number of sulfonamides is 1. The minimum absolute atomic E-state index is 0.00520. The highest BCUT2D eigenvalue weighted by Gasteiger charge is 2.29. The minimum atomic E-state index is -3.86. The smallest absolute Gasteiger partial charge is 0.257 e. The third-order valence-electron chi connectivity index (χ3n) is 3.23. The molecule has 0 saturated carbocycles. The largest absolute Gasteiger partial charge is 0.278 e. The van der Waals surface area contributed by atoms with Gasteiger partial charge in [0.2, 0.25) is 5.91 Å². The Bertz CT molecular complexity index is 776. The number of hydrogen-bond acceptors (Lipinski definition) is 5. The first kappa shape index (κ1) is 17.4. The number of amides is 1. The molecule has 1 aliphatic heterocycles. The number of halogens is 1. The molecule has 7 nitrogen and oxygen atoms in total. The second-order valence-corrected chi connectivity index (χ2v) is 9.91. The molecule has 0 spiro atoms. The van der Waals surface area contributed by atoms with Gasteiger partial charge in [-0.15, -0.1) is 4.83 Å². The fraction of sp³-hybridized carbons (Fsp3) is 0.417. The molecule has 0 aliphatic carbocycles. The number of sulfone groups is 1. The Morgan fingerprint density at radius 1 is 1.36 bits per heavy atom. The molecule has 122 valence electrons. The zero-order valence-corrected chi connectivity index (χ0v) is 14.7. The summed E-state index contributed by atoms with van der Waals surface area (Å²) in [6.45, 7) is 0. The van der Waals surface area contributed by atoms with Gasteiger partial charge in [-0.1, -0.05) is 22.0 Å². The predicted molar refractivity (Wildman–Crippen MR) is 84.0 cm³/mol. The molecule has 1 saturated heterocycles. The van der Waals surface area contributed by atoms with Crippen LogP contribution in [-0.4, -0.2) is 34.2 Å². The monoisotopic (exact) mass is 410 g/mol. The highest BCUT2D eigenvalue weighted by molar-refractivity contribution is 9.10. The summed E-state index contributed by atoms with van der Waals surface area (Å²) in [6, 6.07) is 6.03. The Morgan fingerprint density at radius 3 is 2.68 bits per heavy atom. The normalized spacial score (nSPS) is 20.7. The van der Waals surface area contributed by atoms with Gasteiger partial charge >= 0.3 is 0 Å². The number of carbonyl (C=O) groups excluding carboxylic acids is 1. The van der Waals surface area contributed by atoms with E-state index in [1.807, 2.05) is 4.83 Å². The second-order valence-electron chi connectivity index (χ2n) is 5.08. The lowest BCUT2D eigenvalue weighted by molar-refractivity contribution is -0.122. The Morgan fingerprint density at radius 2 is 2.09 bits per heavy atom. The number of carbonyl (C=O) groups is 1. The number of nitrogens with one attached hydrogen (secondary N) is 2. The highest BCUT2D eigenvalue weighted by atomic mass is 79.9. The van der Waals surface area contributed by atoms with Gasteiger partial charge in [0.05, 0.1) is 16.4 Å². The maximum atomic E-state index is 12.0. The average Bonchev–Trinajstić information content (AvgIpc) is 2.76. The zero-order valence-electron chi connectivity index (χ0n) is 11.5. The topological polar surface area (TPSA) is 109 Å². The van der Waals surface area contributed by atoms with Crippen molar-refractivity contribution in [2.24, 2.45) is 5.92 Å². The van der Waals surface area contributed by atoms with Gasteiger partial charge in [-0.2, -0.15) is 0 Å². The molecule has 1 heterocycles. The Kier molecular flexibility index (Phi) is 5.25. The molecule has 0 bridgehead atoms. The molecule has 2 N–H and O–H groups in total. The fourth-order valence-corrected chi connectivity index (χ4v) is 5.48. The molecule has 22 heavy (non-hydrogen) atoms. The van der Waals surface area contributed by atoms with E-state index in [9.17, 15) is 21.6 Å². The Balaban J connectivity index is 1.91. The van der Waals surface area contributed by atoms with Crippen molar-refractivity contribution in [2.45, 2.75) is 17.7 Å². The van der Waals surface area contributed by atoms with Crippen LogP contribution < -0.4 is 10.3 Å². The number of hydrazine groups is 1. The van der Waals surface area contributed by atoms with Crippen LogP contribution in [0.5, 0.6) is 0 Å². The zero-order chi connectivity index (χ0) is 16.4. The second kappa shape index (κ2) is 6.65. The summed E-state index contributed by atoms with van der Waals surface area (Å²) in [5, 5.41) is 0. The molecule has 1 amide bonds. The van der Waals surface area contributed by atoms with E-state index in [4.69, 9.17) is 0 Å². The van der Waals surface area contributed by atoms with Gasteiger partial charge < -0.3 is 0 Å². The third-order valence-corrected chi connectivity index (χ3v) is 6.81. The minimum Gasteiger partial charge on any atom is -0.278 e. The van der Waals surface area contributed by atoms with Gasteiger partial charge in [0.1, 0.15) is 0 Å². The van der Waals surface area contributed by atoms with E-state index in [1.165, 1.54) is 12.1 Å². The van der Waals surface area contributed by atoms with E-state index >= 15 is 0 Å². The molecular formula is C12H15BrN2O5S2. The standard InChI is InChI=1S/C12H15BrN2O5S2/c13-10-2-1-3-11(7-10)22(19,20)15-14-12(16)6-9-4-5-21(17,18)8-9/h1-3,7,9,15H,4-6,8H2,(H,14,16)/t9-/m0/s1. The van der Waals surface area contributed by atoms with E-state index in [0.717, 1.165) is 0 Å². The maximum absolute atomic E-state index is 12.0. The first-order valence-electron chi connectivity index (χ1n) is 6.45. The number of hydrogen-bond donors (Lipinski definition) is 2. The Labute approximate surface area is 137 Å². The van der Waals surface area contributed by atoms with Crippen LogP contribution in [0, 0.1) is 5.92 Å². The maximum Gasteiger partial charge on any atom is 0.257 e. The molecule has 1 aromatic carbocycles. The van der Waals surface area contributed by atoms with Crippen LogP contribution in [-0.2, 0) is 24.7 Å². The van der Waals surface area contributed by atoms with Crippen molar-refractivity contribution in [3.05, 3.63) is 28.7 Å². The van der Waals surface area contributed by atoms with Gasteiger partial charge in [0, 0.05) is 10.9 Å². The summed E-state index contributed by atoms with van der Waals surface area (Å²) >= 11 is 3.17. The number of benzene rings is 1. The van der Waals surface area contributed by atoms with E-state index in [1.54, 1.807) is 12.1 Å². The van der Waals surface area contributed by atoms with Gasteiger partial charge in [0.15, 0.2) is 9.84 Å². The van der Waals surface area contributed by atoms with Crippen molar-refractivity contribution >= 4 is 41.7 Å². The van der Waals surface area contributed by atoms with E-state index in [-0.39, 0.29) is 28.7 Å². The summed E-state index contributed by atoms with van der Waals surface area (Å²) in [5.74, 6) is -0.769. The molecule has 1 aliphatic rings. The SMILES string of the molecule is O=C(C[C@@H]1CCS(=O)(=O)C1)NNS(=O)(=O)c1cccc(Br)c1. The molecule has 1 fully saturated rings. The molecule has 0 radical (unpaired) electrons. The molecule has 1 aromatic rings. The van der Waals surface area contributed by atoms with Crippen molar-refractivity contribution in [2.75, 3.05) is 11.5 Å². The van der Waals surface area contributed by atoms with Gasteiger partial charge in [0.25, 0.3) is 10.0 Å². The summed E-state index contributed by atoms with van der Waals surface area (Å²) in [5.41, 5.74) is 2.11. The molecule has 2 rings (SSSR count). The van der Waals surface area contributed by atoms with E-state index < -0.39 is 25.8 Å². The average molecular weight is 411 g/mol. The molecule has 0 aromatic heterocycles. The molecular weight excluding hydrogens is 396 g/mol. The van der Waals surface area contributed by atoms with E-state index in [0.29, 0.717) is 10.9 Å². The highest BCUT2D eigenvalue weighted by Crippen LogP contribution is 2.21. The molecule has 0 unspecified atom stereocenters. The predicted octanol–water partition coefficient (Wildman–Crippen LogP) is 0.583. The lowest BCUT2D eigenvalue weighted by atomic mass is 10.1. The van der Waals surface area contributed by atoms with Crippen LogP contribution in [0.3, 0.4) is 0 Å². The van der Waals surface area contributed by atoms with Crippen molar-refractivity contribution in [3.63, 3.8) is 0 Å². The van der Waals surface area contributed by atoms with Crippen molar-refractivity contribution in [1.29, 1.82) is 0 Å². The van der Waals surface area contributed by atoms with Crippen molar-refractivity contribution < 1.29 is 21.6 Å². The van der Waals surface area contributed by atoms with Crippen LogP contribution in [0.2, 0.25) is 0 Å². The van der Waals surface area contributed by atoms with Crippen LogP contribution in [0.1, 0.15) is 12.8 Å². The summed E-state index contributed by atoms with van der Waals surface area (Å²) in [7, 11) is -6.92. The Hall–Kier alpha value is -0.970. The van der Waals surface area contributed by atoms with Crippen molar-refractivity contribution in [3.8, 4) is 0 Å². The van der Waals surface area contributed by atoms with E-state index in [2.05, 4.69) is 21.4 Å². The van der Waals surface area contributed by atoms with Gasteiger partial charge in [-0.05, 0) is 30.5 Å².